The molecular formula is C27H31FN8. The first-order valence-electron chi connectivity index (χ1n) is 12.8. The largest absolute Gasteiger partial charge is 0.356 e. The van der Waals surface area contributed by atoms with Gasteiger partial charge in [-0.05, 0) is 56.4 Å². The van der Waals surface area contributed by atoms with Gasteiger partial charge in [-0.15, -0.1) is 0 Å². The predicted octanol–water partition coefficient (Wildman–Crippen LogP) is 4.31. The molecule has 6 rings (SSSR count). The van der Waals surface area contributed by atoms with E-state index in [1.54, 1.807) is 19.4 Å². The van der Waals surface area contributed by atoms with Gasteiger partial charge in [0, 0.05) is 73.4 Å². The molecule has 3 aromatic heterocycles. The molecule has 186 valence electrons. The summed E-state index contributed by atoms with van der Waals surface area (Å²) in [5, 5.41) is 10.6. The van der Waals surface area contributed by atoms with E-state index in [4.69, 9.17) is 4.98 Å². The summed E-state index contributed by atoms with van der Waals surface area (Å²) in [5.74, 6) is 2.25. The number of aryl methyl sites for hydroxylation is 1. The van der Waals surface area contributed by atoms with Crippen LogP contribution in [0.2, 0.25) is 0 Å². The van der Waals surface area contributed by atoms with Crippen molar-refractivity contribution in [2.75, 3.05) is 24.5 Å². The first-order valence-corrected chi connectivity index (χ1v) is 12.8. The van der Waals surface area contributed by atoms with Gasteiger partial charge in [-0.1, -0.05) is 0 Å². The Morgan fingerprint density at radius 2 is 1.97 bits per heavy atom. The van der Waals surface area contributed by atoms with Crippen LogP contribution in [0.25, 0.3) is 22.4 Å². The minimum Gasteiger partial charge on any atom is -0.356 e. The number of hydrogen-bond donors (Lipinski definition) is 2. The molecule has 9 heteroatoms. The third-order valence-electron chi connectivity index (χ3n) is 7.28. The fourth-order valence-electron chi connectivity index (χ4n) is 5.08. The molecular weight excluding hydrogens is 455 g/mol. The average Bonchev–Trinajstić information content (AvgIpc) is 3.38. The second-order valence-corrected chi connectivity index (χ2v) is 9.88. The fourth-order valence-corrected chi connectivity index (χ4v) is 5.08. The van der Waals surface area contributed by atoms with Crippen LogP contribution in [0.4, 0.5) is 10.2 Å². The highest BCUT2D eigenvalue weighted by molar-refractivity contribution is 5.74. The molecule has 2 fully saturated rings. The van der Waals surface area contributed by atoms with Crippen LogP contribution in [0.5, 0.6) is 0 Å². The highest BCUT2D eigenvalue weighted by Crippen LogP contribution is 2.34. The number of nitrogens with one attached hydrogen (secondary N) is 2. The zero-order valence-electron chi connectivity index (χ0n) is 20.5. The van der Waals surface area contributed by atoms with Gasteiger partial charge in [-0.3, -0.25) is 5.10 Å². The van der Waals surface area contributed by atoms with E-state index in [1.807, 2.05) is 24.5 Å². The lowest BCUT2D eigenvalue weighted by Gasteiger charge is -2.33. The van der Waals surface area contributed by atoms with Crippen molar-refractivity contribution < 1.29 is 4.39 Å². The number of imidazole rings is 1. The molecule has 8 nitrogen and oxygen atoms in total. The molecule has 2 N–H and O–H groups in total. The Balaban J connectivity index is 1.22. The van der Waals surface area contributed by atoms with Crippen molar-refractivity contribution in [1.29, 1.82) is 0 Å². The number of nitrogens with zero attached hydrogens (tertiary/aromatic N) is 6. The molecule has 1 aliphatic carbocycles. The Labute approximate surface area is 210 Å². The number of aromatic nitrogens is 6. The van der Waals surface area contributed by atoms with Crippen LogP contribution in [0.15, 0.2) is 49.3 Å². The monoisotopic (exact) mass is 486 g/mol. The summed E-state index contributed by atoms with van der Waals surface area (Å²) in [4.78, 5) is 16.3. The summed E-state index contributed by atoms with van der Waals surface area (Å²) in [6.45, 7) is 5.41. The van der Waals surface area contributed by atoms with Crippen molar-refractivity contribution >= 4 is 5.82 Å². The molecule has 1 saturated heterocycles. The Morgan fingerprint density at radius 3 is 2.72 bits per heavy atom. The molecule has 1 aromatic carbocycles. The topological polar surface area (TPSA) is 87.5 Å². The smallest absolute Gasteiger partial charge is 0.139 e. The lowest BCUT2D eigenvalue weighted by molar-refractivity contribution is 0.458. The van der Waals surface area contributed by atoms with E-state index < -0.39 is 0 Å². The number of aromatic amines is 1. The molecule has 0 radical (unpaired) electrons. The van der Waals surface area contributed by atoms with E-state index in [2.05, 4.69) is 41.1 Å². The van der Waals surface area contributed by atoms with Crippen LogP contribution in [0.3, 0.4) is 0 Å². The first-order chi connectivity index (χ1) is 17.7. The minimum absolute atomic E-state index is 0.182. The van der Waals surface area contributed by atoms with Gasteiger partial charge in [-0.25, -0.2) is 19.3 Å². The van der Waals surface area contributed by atoms with Gasteiger partial charge >= 0.3 is 0 Å². The normalized spacial score (nSPS) is 16.6. The lowest BCUT2D eigenvalue weighted by atomic mass is 9.95. The predicted molar refractivity (Wildman–Crippen MR) is 137 cm³/mol. The molecule has 2 aliphatic rings. The molecule has 0 atom stereocenters. The summed E-state index contributed by atoms with van der Waals surface area (Å²) in [7, 11) is 0. The van der Waals surface area contributed by atoms with E-state index >= 15 is 0 Å². The lowest BCUT2D eigenvalue weighted by Crippen LogP contribution is -2.35. The van der Waals surface area contributed by atoms with E-state index in [0.29, 0.717) is 17.5 Å². The molecule has 1 aliphatic heterocycles. The standard InChI is InChI=1S/C27H31FN8/c1-18-12-20(2-5-24(18)28)25-16-36(11-8-30-22-3-4-22)26(34-25)19-6-9-35(10-7-19)27-23(15-29-17-31-27)21-13-32-33-14-21/h2,5,12-17,19,22,30H,3-4,6-11H2,1H3,(H,32,33). The number of benzene rings is 1. The molecule has 0 unspecified atom stereocenters. The van der Waals surface area contributed by atoms with Gasteiger partial charge in [0.05, 0.1) is 11.9 Å². The van der Waals surface area contributed by atoms with Gasteiger partial charge in [0.2, 0.25) is 0 Å². The van der Waals surface area contributed by atoms with Crippen LogP contribution in [-0.4, -0.2) is 55.4 Å². The van der Waals surface area contributed by atoms with Gasteiger partial charge in [-0.2, -0.15) is 5.10 Å². The highest BCUT2D eigenvalue weighted by atomic mass is 19.1. The van der Waals surface area contributed by atoms with E-state index in [9.17, 15) is 4.39 Å². The third-order valence-corrected chi connectivity index (χ3v) is 7.28. The van der Waals surface area contributed by atoms with Crippen LogP contribution in [0, 0.1) is 12.7 Å². The maximum Gasteiger partial charge on any atom is 0.139 e. The van der Waals surface area contributed by atoms with Crippen molar-refractivity contribution in [3.05, 3.63) is 66.5 Å². The fraction of sp³-hybridized carbons (Fsp3) is 0.407. The summed E-state index contributed by atoms with van der Waals surface area (Å²) in [6.07, 6.45) is 13.8. The van der Waals surface area contributed by atoms with Gasteiger partial charge in [0.1, 0.15) is 23.8 Å². The average molecular weight is 487 g/mol. The maximum atomic E-state index is 13.9. The minimum atomic E-state index is -0.182. The second-order valence-electron chi connectivity index (χ2n) is 9.88. The van der Waals surface area contributed by atoms with Gasteiger partial charge in [0.15, 0.2) is 0 Å². The van der Waals surface area contributed by atoms with Crippen molar-refractivity contribution in [3.63, 3.8) is 0 Å². The molecule has 0 amide bonds. The van der Waals surface area contributed by atoms with Crippen LogP contribution in [0.1, 0.15) is 43.0 Å². The zero-order valence-corrected chi connectivity index (χ0v) is 20.5. The van der Waals surface area contributed by atoms with E-state index in [0.717, 1.165) is 73.0 Å². The third kappa shape index (κ3) is 4.75. The van der Waals surface area contributed by atoms with Crippen LogP contribution < -0.4 is 10.2 Å². The number of rotatable bonds is 8. The quantitative estimate of drug-likeness (QED) is 0.386. The van der Waals surface area contributed by atoms with Crippen molar-refractivity contribution in [2.45, 2.75) is 51.1 Å². The van der Waals surface area contributed by atoms with Crippen molar-refractivity contribution in [1.82, 2.24) is 35.0 Å². The number of anilines is 1. The van der Waals surface area contributed by atoms with E-state index in [-0.39, 0.29) is 5.82 Å². The van der Waals surface area contributed by atoms with Crippen LogP contribution in [-0.2, 0) is 6.54 Å². The summed E-state index contributed by atoms with van der Waals surface area (Å²) >= 11 is 0. The van der Waals surface area contributed by atoms with Crippen molar-refractivity contribution in [2.24, 2.45) is 0 Å². The number of halogens is 1. The molecule has 36 heavy (non-hydrogen) atoms. The molecule has 0 spiro atoms. The molecule has 4 heterocycles. The van der Waals surface area contributed by atoms with Crippen LogP contribution >= 0.6 is 0 Å². The van der Waals surface area contributed by atoms with Gasteiger partial charge in [0.25, 0.3) is 0 Å². The SMILES string of the molecule is Cc1cc(-c2cn(CCNC3CC3)c(C3CCN(c4ncncc4-c4cn[nH]c4)CC3)n2)ccc1F. The van der Waals surface area contributed by atoms with Crippen molar-refractivity contribution in [3.8, 4) is 22.4 Å². The number of hydrogen-bond acceptors (Lipinski definition) is 6. The van der Waals surface area contributed by atoms with Gasteiger partial charge < -0.3 is 14.8 Å². The Morgan fingerprint density at radius 1 is 1.11 bits per heavy atom. The Kier molecular flexibility index (Phi) is 6.23. The molecule has 4 aromatic rings. The number of piperidine rings is 1. The Bertz CT molecular complexity index is 1320. The maximum absolute atomic E-state index is 13.9. The summed E-state index contributed by atoms with van der Waals surface area (Å²) < 4.78 is 16.2. The first kappa shape index (κ1) is 22.8. The summed E-state index contributed by atoms with van der Waals surface area (Å²) in [5.41, 5.74) is 4.51. The molecule has 1 saturated carbocycles. The second kappa shape index (κ2) is 9.81. The highest BCUT2D eigenvalue weighted by Gasteiger charge is 2.28. The Hall–Kier alpha value is -3.59. The molecule has 0 bridgehead atoms. The van der Waals surface area contributed by atoms with E-state index in [1.165, 1.54) is 18.9 Å². The zero-order chi connectivity index (χ0) is 24.5. The summed E-state index contributed by atoms with van der Waals surface area (Å²) in [6, 6.07) is 5.94. The number of H-pyrrole nitrogens is 1.